The van der Waals surface area contributed by atoms with Gasteiger partial charge in [-0.2, -0.15) is 0 Å². The Balaban J connectivity index is 1.48. The smallest absolute Gasteiger partial charge is 0.330 e. The molecule has 1 fully saturated rings. The van der Waals surface area contributed by atoms with Crippen molar-refractivity contribution >= 4 is 5.97 Å². The van der Waals surface area contributed by atoms with Gasteiger partial charge in [-0.25, -0.2) is 4.79 Å². The molecule has 38 heavy (non-hydrogen) atoms. The maximum Gasteiger partial charge on any atom is 0.330 e. The first-order valence-corrected chi connectivity index (χ1v) is 13.7. The number of carbonyl (C=O) groups is 1. The molecule has 0 radical (unpaired) electrons. The molecule has 8 nitrogen and oxygen atoms in total. The van der Waals surface area contributed by atoms with Gasteiger partial charge in [-0.1, -0.05) is 61.1 Å². The van der Waals surface area contributed by atoms with E-state index >= 15 is 0 Å². The first-order valence-electron chi connectivity index (χ1n) is 13.7. The molecule has 3 N–H and O–H groups in total. The maximum atomic E-state index is 12.7. The Hall–Kier alpha value is -2.07. The number of rotatable bonds is 3. The minimum Gasteiger partial charge on any atom is -0.456 e. The molecule has 8 heteroatoms. The Bertz CT molecular complexity index is 967. The van der Waals surface area contributed by atoms with Crippen molar-refractivity contribution in [3.63, 3.8) is 0 Å². The number of carbonyl (C=O) groups excluding carboxylic acids is 1. The second kappa shape index (κ2) is 12.9. The zero-order chi connectivity index (χ0) is 27.3. The molecular weight excluding hydrogens is 488 g/mol. The van der Waals surface area contributed by atoms with E-state index < -0.39 is 36.2 Å². The van der Waals surface area contributed by atoms with Crippen LogP contribution in [0.1, 0.15) is 58.8 Å². The number of cyclic esters (lactones) is 1. The number of ether oxygens (including phenoxy) is 4. The summed E-state index contributed by atoms with van der Waals surface area (Å²) in [7, 11) is 0. The summed E-state index contributed by atoms with van der Waals surface area (Å²) in [6, 6.07) is 0. The van der Waals surface area contributed by atoms with E-state index in [0.29, 0.717) is 25.4 Å². The van der Waals surface area contributed by atoms with Gasteiger partial charge in [-0.05, 0) is 51.4 Å². The molecule has 0 aromatic heterocycles. The van der Waals surface area contributed by atoms with Crippen molar-refractivity contribution in [2.45, 2.75) is 107 Å². The highest BCUT2D eigenvalue weighted by Gasteiger charge is 2.61. The van der Waals surface area contributed by atoms with Crippen LogP contribution in [0.25, 0.3) is 0 Å². The van der Waals surface area contributed by atoms with Crippen molar-refractivity contribution in [1.29, 1.82) is 0 Å². The van der Waals surface area contributed by atoms with Gasteiger partial charge in [0.25, 0.3) is 0 Å². The molecular formula is C30H42O8. The predicted molar refractivity (Wildman–Crippen MR) is 142 cm³/mol. The summed E-state index contributed by atoms with van der Waals surface area (Å²) in [5.41, 5.74) is 2.03. The normalized spacial score (nSPS) is 40.9. The first-order chi connectivity index (χ1) is 18.1. The molecule has 0 aromatic rings. The lowest BCUT2D eigenvalue weighted by Crippen LogP contribution is -2.37. The highest BCUT2D eigenvalue weighted by atomic mass is 16.7. The fraction of sp³-hybridized carbons (Fsp3) is 0.633. The number of hydrogen-bond acceptors (Lipinski definition) is 8. The Kier molecular flexibility index (Phi) is 9.79. The van der Waals surface area contributed by atoms with E-state index in [4.69, 9.17) is 18.9 Å². The first kappa shape index (κ1) is 28.9. The van der Waals surface area contributed by atoms with Crippen molar-refractivity contribution in [2.24, 2.45) is 5.92 Å². The minimum atomic E-state index is -1.78. The predicted octanol–water partition coefficient (Wildman–Crippen LogP) is 3.43. The molecule has 1 saturated heterocycles. The van der Waals surface area contributed by atoms with Gasteiger partial charge in [0.15, 0.2) is 0 Å². The summed E-state index contributed by atoms with van der Waals surface area (Å²) in [6.45, 7) is 8.77. The SMILES string of the molecule is C=C1CC(C)CC2CC=CC(C/C=C/C(=O)O[C@H]([C@@H](O)/C=C/C3CC(C)=CCO3)C[C@@H]3O[C@]3(O)[C@@H](O)C1)O2. The van der Waals surface area contributed by atoms with Gasteiger partial charge in [0, 0.05) is 12.5 Å². The molecule has 210 valence electrons. The van der Waals surface area contributed by atoms with E-state index in [2.05, 4.69) is 19.6 Å². The van der Waals surface area contributed by atoms with Gasteiger partial charge >= 0.3 is 5.97 Å². The van der Waals surface area contributed by atoms with E-state index in [1.54, 1.807) is 18.2 Å². The zero-order valence-corrected chi connectivity index (χ0v) is 22.4. The van der Waals surface area contributed by atoms with Gasteiger partial charge < -0.3 is 34.3 Å². The number of fused-ring (bicyclic) bond motifs is 3. The highest BCUT2D eigenvalue weighted by Crippen LogP contribution is 2.43. The summed E-state index contributed by atoms with van der Waals surface area (Å²) >= 11 is 0. The molecule has 2 bridgehead atoms. The van der Waals surface area contributed by atoms with Crippen LogP contribution < -0.4 is 0 Å². The van der Waals surface area contributed by atoms with Crippen LogP contribution in [0.3, 0.4) is 0 Å². The van der Waals surface area contributed by atoms with E-state index in [1.165, 1.54) is 11.6 Å². The number of esters is 1. The Morgan fingerprint density at radius 3 is 2.79 bits per heavy atom. The van der Waals surface area contributed by atoms with Crippen LogP contribution in [0, 0.1) is 5.92 Å². The molecule has 4 unspecified atom stereocenters. The van der Waals surface area contributed by atoms with Gasteiger partial charge in [-0.3, -0.25) is 0 Å². The van der Waals surface area contributed by atoms with Crippen LogP contribution in [0.4, 0.5) is 0 Å². The Morgan fingerprint density at radius 1 is 1.18 bits per heavy atom. The Morgan fingerprint density at radius 2 is 2.00 bits per heavy atom. The lowest BCUT2D eigenvalue weighted by atomic mass is 9.90. The molecule has 0 saturated carbocycles. The fourth-order valence-electron chi connectivity index (χ4n) is 5.46. The van der Waals surface area contributed by atoms with E-state index in [0.717, 1.165) is 24.8 Å². The fourth-order valence-corrected chi connectivity index (χ4v) is 5.46. The maximum absolute atomic E-state index is 12.7. The summed E-state index contributed by atoms with van der Waals surface area (Å²) in [4.78, 5) is 12.7. The van der Waals surface area contributed by atoms with Crippen molar-refractivity contribution in [1.82, 2.24) is 0 Å². The summed E-state index contributed by atoms with van der Waals surface area (Å²) in [5.74, 6) is -2.10. The van der Waals surface area contributed by atoms with Gasteiger partial charge in [-0.15, -0.1) is 0 Å². The highest BCUT2D eigenvalue weighted by molar-refractivity contribution is 5.82. The van der Waals surface area contributed by atoms with E-state index in [1.807, 2.05) is 19.1 Å². The third-order valence-electron chi connectivity index (χ3n) is 7.62. The lowest BCUT2D eigenvalue weighted by molar-refractivity contribution is -0.148. The van der Waals surface area contributed by atoms with Gasteiger partial charge in [0.2, 0.25) is 5.79 Å². The zero-order valence-electron chi connectivity index (χ0n) is 22.4. The minimum absolute atomic E-state index is 0.0160. The van der Waals surface area contributed by atoms with Gasteiger partial charge in [0.1, 0.15) is 24.4 Å². The third kappa shape index (κ3) is 7.97. The molecule has 0 spiro atoms. The number of aliphatic hydroxyl groups is 3. The summed E-state index contributed by atoms with van der Waals surface area (Å²) in [5, 5.41) is 32.6. The second-order valence-corrected chi connectivity index (χ2v) is 11.2. The molecule has 4 heterocycles. The van der Waals surface area contributed by atoms with Crippen LogP contribution in [0.2, 0.25) is 0 Å². The van der Waals surface area contributed by atoms with Gasteiger partial charge in [0.05, 0.1) is 24.9 Å². The standard InChI is InChI=1S/C30H42O8/c1-19-12-13-35-23(15-19)10-11-25(31)26-18-28-30(34,38-28)27(32)17-21(3)14-20(2)16-24-8-4-6-22(36-24)7-5-9-29(33)37-26/h4-6,9-12,20,22-28,31-32,34H,3,7-8,13-18H2,1-2H3/b9-5+,11-10+/t20?,22?,23?,24?,25-,26-,27-,28-,30+/m0/s1. The summed E-state index contributed by atoms with van der Waals surface area (Å²) in [6.07, 6.45) is 12.0. The lowest BCUT2D eigenvalue weighted by Gasteiger charge is -2.28. The van der Waals surface area contributed by atoms with Crippen LogP contribution >= 0.6 is 0 Å². The quantitative estimate of drug-likeness (QED) is 0.289. The van der Waals surface area contributed by atoms with Crippen LogP contribution in [0.5, 0.6) is 0 Å². The van der Waals surface area contributed by atoms with E-state index in [-0.39, 0.29) is 31.2 Å². The number of aliphatic hydroxyl groups excluding tert-OH is 2. The van der Waals surface area contributed by atoms with Crippen molar-refractivity contribution < 1.29 is 39.1 Å². The number of epoxide rings is 1. The van der Waals surface area contributed by atoms with Crippen LogP contribution in [0.15, 0.2) is 60.3 Å². The summed E-state index contributed by atoms with van der Waals surface area (Å²) < 4.78 is 23.0. The van der Waals surface area contributed by atoms with Crippen LogP contribution in [-0.4, -0.2) is 76.4 Å². The molecule has 4 aliphatic rings. The molecule has 9 atom stereocenters. The average molecular weight is 531 g/mol. The molecule has 0 amide bonds. The van der Waals surface area contributed by atoms with Crippen molar-refractivity contribution in [3.8, 4) is 0 Å². The van der Waals surface area contributed by atoms with E-state index in [9.17, 15) is 20.1 Å². The molecule has 4 aliphatic heterocycles. The molecule has 0 aromatic carbocycles. The van der Waals surface area contributed by atoms with Crippen LogP contribution in [-0.2, 0) is 23.7 Å². The monoisotopic (exact) mass is 530 g/mol. The topological polar surface area (TPSA) is 118 Å². The van der Waals surface area contributed by atoms with Crippen molar-refractivity contribution in [3.05, 3.63) is 60.3 Å². The second-order valence-electron chi connectivity index (χ2n) is 11.2. The molecule has 0 aliphatic carbocycles. The van der Waals surface area contributed by atoms with Crippen molar-refractivity contribution in [2.75, 3.05) is 6.61 Å². The largest absolute Gasteiger partial charge is 0.456 e. The average Bonchev–Trinajstić information content (AvgIpc) is 3.52. The Labute approximate surface area is 225 Å². The third-order valence-corrected chi connectivity index (χ3v) is 7.62. The molecule has 4 rings (SSSR count). The number of hydrogen-bond donors (Lipinski definition) is 3.